The van der Waals surface area contributed by atoms with Crippen LogP contribution >= 0.6 is 15.9 Å². The average molecular weight is 407 g/mol. The van der Waals surface area contributed by atoms with Crippen molar-refractivity contribution in [2.45, 2.75) is 0 Å². The molecule has 0 aliphatic heterocycles. The zero-order valence-corrected chi connectivity index (χ0v) is 16.0. The third kappa shape index (κ3) is 4.33. The average Bonchev–Trinajstić information content (AvgIpc) is 2.65. The Balaban J connectivity index is 2.29. The van der Waals surface area contributed by atoms with Gasteiger partial charge in [-0.1, -0.05) is 12.1 Å². The number of hydrogen-bond donors (Lipinski definition) is 0. The molecule has 0 spiro atoms. The highest BCUT2D eigenvalue weighted by atomic mass is 79.9. The van der Waals surface area contributed by atoms with E-state index in [1.165, 1.54) is 13.2 Å². The first-order valence-corrected chi connectivity index (χ1v) is 8.19. The molecule has 0 aliphatic rings. The third-order valence-electron chi connectivity index (χ3n) is 3.57. The molecule has 0 fully saturated rings. The first kappa shape index (κ1) is 18.9. The summed E-state index contributed by atoms with van der Waals surface area (Å²) in [7, 11) is 6.21. The second-order valence-electron chi connectivity index (χ2n) is 5.00. The molecule has 2 aromatic carbocycles. The molecule has 0 unspecified atom stereocenters. The van der Waals surface area contributed by atoms with E-state index in [-0.39, 0.29) is 5.78 Å². The van der Waals surface area contributed by atoms with Crippen LogP contribution in [0.15, 0.2) is 40.9 Å². The van der Waals surface area contributed by atoms with Crippen LogP contribution in [0.5, 0.6) is 23.0 Å². The molecule has 0 saturated heterocycles. The van der Waals surface area contributed by atoms with Crippen LogP contribution in [0.2, 0.25) is 0 Å². The number of ketones is 1. The highest BCUT2D eigenvalue weighted by Gasteiger charge is 2.14. The summed E-state index contributed by atoms with van der Waals surface area (Å²) in [5.41, 5.74) is 1.30. The number of methoxy groups -OCH3 is 4. The second-order valence-corrected chi connectivity index (χ2v) is 5.85. The molecule has 0 saturated carbocycles. The summed E-state index contributed by atoms with van der Waals surface area (Å²) in [5, 5.41) is 0. The van der Waals surface area contributed by atoms with Crippen LogP contribution in [-0.4, -0.2) is 34.2 Å². The van der Waals surface area contributed by atoms with Gasteiger partial charge in [0.1, 0.15) is 0 Å². The molecule has 0 bridgehead atoms. The summed E-state index contributed by atoms with van der Waals surface area (Å²) in [6, 6.07) is 8.77. The SMILES string of the molecule is COc1ccc(/C=C/C(=O)c2cc(OC)c(OC)cc2Br)cc1OC. The molecule has 2 aromatic rings. The van der Waals surface area contributed by atoms with Crippen molar-refractivity contribution in [3.63, 3.8) is 0 Å². The molecular weight excluding hydrogens is 388 g/mol. The molecule has 132 valence electrons. The summed E-state index contributed by atoms with van der Waals surface area (Å²) in [6.07, 6.45) is 3.21. The van der Waals surface area contributed by atoms with Gasteiger partial charge in [-0.3, -0.25) is 4.79 Å². The van der Waals surface area contributed by atoms with E-state index in [1.807, 2.05) is 6.07 Å². The lowest BCUT2D eigenvalue weighted by molar-refractivity contribution is 0.104. The number of carbonyl (C=O) groups excluding carboxylic acids is 1. The van der Waals surface area contributed by atoms with Crippen molar-refractivity contribution >= 4 is 27.8 Å². The lowest BCUT2D eigenvalue weighted by Crippen LogP contribution is -1.99. The fourth-order valence-electron chi connectivity index (χ4n) is 2.26. The van der Waals surface area contributed by atoms with Crippen molar-refractivity contribution in [3.05, 3.63) is 52.0 Å². The Kier molecular flexibility index (Phi) is 6.47. The maximum atomic E-state index is 12.5. The summed E-state index contributed by atoms with van der Waals surface area (Å²) < 4.78 is 21.6. The van der Waals surface area contributed by atoms with Crippen molar-refractivity contribution in [2.24, 2.45) is 0 Å². The number of halogens is 1. The first-order valence-electron chi connectivity index (χ1n) is 7.40. The number of benzene rings is 2. The highest BCUT2D eigenvalue weighted by Crippen LogP contribution is 2.34. The smallest absolute Gasteiger partial charge is 0.187 e. The van der Waals surface area contributed by atoms with Crippen LogP contribution < -0.4 is 18.9 Å². The monoisotopic (exact) mass is 406 g/mol. The van der Waals surface area contributed by atoms with E-state index in [0.717, 1.165) is 5.56 Å². The summed E-state index contributed by atoms with van der Waals surface area (Å²) in [4.78, 5) is 12.5. The Bertz CT molecular complexity index is 799. The van der Waals surface area contributed by atoms with Gasteiger partial charge in [-0.2, -0.15) is 0 Å². The fourth-order valence-corrected chi connectivity index (χ4v) is 2.78. The molecule has 6 heteroatoms. The normalized spacial score (nSPS) is 10.6. The Morgan fingerprint density at radius 1 is 0.840 bits per heavy atom. The quantitative estimate of drug-likeness (QED) is 0.504. The van der Waals surface area contributed by atoms with Crippen LogP contribution in [0.3, 0.4) is 0 Å². The third-order valence-corrected chi connectivity index (χ3v) is 4.23. The molecule has 0 aliphatic carbocycles. The largest absolute Gasteiger partial charge is 0.493 e. The summed E-state index contributed by atoms with van der Waals surface area (Å²) in [6.45, 7) is 0. The molecule has 0 N–H and O–H groups in total. The highest BCUT2D eigenvalue weighted by molar-refractivity contribution is 9.10. The van der Waals surface area contributed by atoms with Crippen LogP contribution in [-0.2, 0) is 0 Å². The van der Waals surface area contributed by atoms with Gasteiger partial charge in [0.2, 0.25) is 0 Å². The van der Waals surface area contributed by atoms with E-state index in [2.05, 4.69) is 15.9 Å². The molecule has 0 atom stereocenters. The van der Waals surface area contributed by atoms with Crippen LogP contribution in [0.4, 0.5) is 0 Å². The van der Waals surface area contributed by atoms with Crippen molar-refractivity contribution in [3.8, 4) is 23.0 Å². The lowest BCUT2D eigenvalue weighted by atomic mass is 10.1. The van der Waals surface area contributed by atoms with Gasteiger partial charge < -0.3 is 18.9 Å². The number of carbonyl (C=O) groups is 1. The summed E-state index contributed by atoms with van der Waals surface area (Å²) >= 11 is 3.39. The van der Waals surface area contributed by atoms with Gasteiger partial charge in [-0.25, -0.2) is 0 Å². The van der Waals surface area contributed by atoms with Gasteiger partial charge in [0.05, 0.1) is 28.4 Å². The molecule has 2 rings (SSSR count). The van der Waals surface area contributed by atoms with Gasteiger partial charge in [0, 0.05) is 10.0 Å². The van der Waals surface area contributed by atoms with Gasteiger partial charge in [-0.05, 0) is 51.8 Å². The van der Waals surface area contributed by atoms with Crippen molar-refractivity contribution in [1.82, 2.24) is 0 Å². The number of ether oxygens (including phenoxy) is 4. The maximum absolute atomic E-state index is 12.5. The maximum Gasteiger partial charge on any atom is 0.187 e. The van der Waals surface area contributed by atoms with Crippen molar-refractivity contribution in [1.29, 1.82) is 0 Å². The van der Waals surface area contributed by atoms with E-state index in [0.29, 0.717) is 33.0 Å². The van der Waals surface area contributed by atoms with E-state index < -0.39 is 0 Å². The van der Waals surface area contributed by atoms with E-state index in [1.54, 1.807) is 51.7 Å². The Morgan fingerprint density at radius 3 is 2.00 bits per heavy atom. The topological polar surface area (TPSA) is 54.0 Å². The predicted octanol–water partition coefficient (Wildman–Crippen LogP) is 4.38. The molecule has 0 amide bonds. The van der Waals surface area contributed by atoms with E-state index in [4.69, 9.17) is 18.9 Å². The molecule has 25 heavy (non-hydrogen) atoms. The number of rotatable bonds is 7. The van der Waals surface area contributed by atoms with Crippen molar-refractivity contribution in [2.75, 3.05) is 28.4 Å². The predicted molar refractivity (Wildman–Crippen MR) is 100 cm³/mol. The standard InChI is InChI=1S/C19H19BrO5/c1-22-16-8-6-12(9-17(16)23-2)5-7-15(21)13-10-18(24-3)19(25-4)11-14(13)20/h5-11H,1-4H3/b7-5+. The number of hydrogen-bond acceptors (Lipinski definition) is 5. The minimum atomic E-state index is -0.164. The van der Waals surface area contributed by atoms with Gasteiger partial charge in [0.15, 0.2) is 28.8 Å². The van der Waals surface area contributed by atoms with Gasteiger partial charge >= 0.3 is 0 Å². The van der Waals surface area contributed by atoms with E-state index >= 15 is 0 Å². The Labute approximate surface area is 155 Å². The molecule has 0 heterocycles. The molecular formula is C19H19BrO5. The summed E-state index contributed by atoms with van der Waals surface area (Å²) in [5.74, 6) is 2.11. The fraction of sp³-hybridized carbons (Fsp3) is 0.211. The lowest BCUT2D eigenvalue weighted by Gasteiger charge is -2.10. The zero-order valence-electron chi connectivity index (χ0n) is 14.5. The van der Waals surface area contributed by atoms with Crippen LogP contribution in [0.25, 0.3) is 6.08 Å². The van der Waals surface area contributed by atoms with Crippen molar-refractivity contribution < 1.29 is 23.7 Å². The zero-order chi connectivity index (χ0) is 18.4. The Hall–Kier alpha value is -2.47. The van der Waals surface area contributed by atoms with E-state index in [9.17, 15) is 4.79 Å². The number of allylic oxidation sites excluding steroid dienone is 1. The first-order chi connectivity index (χ1) is 12.0. The van der Waals surface area contributed by atoms with Gasteiger partial charge in [-0.15, -0.1) is 0 Å². The minimum Gasteiger partial charge on any atom is -0.493 e. The van der Waals surface area contributed by atoms with Gasteiger partial charge in [0.25, 0.3) is 0 Å². The molecule has 0 aromatic heterocycles. The van der Waals surface area contributed by atoms with Crippen LogP contribution in [0.1, 0.15) is 15.9 Å². The molecule has 0 radical (unpaired) electrons. The Morgan fingerprint density at radius 2 is 1.40 bits per heavy atom. The molecule has 5 nitrogen and oxygen atoms in total. The second kappa shape index (κ2) is 8.58. The minimum absolute atomic E-state index is 0.164. The van der Waals surface area contributed by atoms with Crippen LogP contribution in [0, 0.1) is 0 Å².